The van der Waals surface area contributed by atoms with E-state index in [1.165, 1.54) is 6.07 Å². The van der Waals surface area contributed by atoms with E-state index in [2.05, 4.69) is 0 Å². The third kappa shape index (κ3) is 1.58. The zero-order valence-electron chi connectivity index (χ0n) is 11.1. The van der Waals surface area contributed by atoms with E-state index >= 15 is 0 Å². The average molecular weight is 278 g/mol. The lowest BCUT2D eigenvalue weighted by Gasteiger charge is -2.46. The maximum atomic E-state index is 14.1. The maximum absolute atomic E-state index is 14.1. The van der Waals surface area contributed by atoms with Crippen LogP contribution in [0.5, 0.6) is 0 Å². The Balaban J connectivity index is 2.04. The van der Waals surface area contributed by atoms with Gasteiger partial charge in [-0.1, -0.05) is 18.2 Å². The molecule has 1 aromatic rings. The Morgan fingerprint density at radius 1 is 1.45 bits per heavy atom. The molecule has 3 atom stereocenters. The first-order chi connectivity index (χ1) is 9.61. The van der Waals surface area contributed by atoms with Crippen molar-refractivity contribution in [2.45, 2.75) is 25.4 Å². The summed E-state index contributed by atoms with van der Waals surface area (Å²) in [6.45, 7) is 1.97. The monoisotopic (exact) mass is 278 g/mol. The molecule has 2 aliphatic rings. The fourth-order valence-corrected chi connectivity index (χ4v) is 3.36. The van der Waals surface area contributed by atoms with Gasteiger partial charge in [0.15, 0.2) is 5.60 Å². The number of rotatable bonds is 3. The molecule has 0 spiro atoms. The van der Waals surface area contributed by atoms with Crippen molar-refractivity contribution in [3.8, 4) is 0 Å². The molecular formula is C15H15FO4. The summed E-state index contributed by atoms with van der Waals surface area (Å²) >= 11 is 0. The second kappa shape index (κ2) is 4.58. The summed E-state index contributed by atoms with van der Waals surface area (Å²) in [5.41, 5.74) is -0.894. The minimum absolute atomic E-state index is 0.251. The molecule has 0 radical (unpaired) electrons. The molecule has 3 rings (SSSR count). The van der Waals surface area contributed by atoms with Gasteiger partial charge in [0, 0.05) is 5.56 Å². The Morgan fingerprint density at radius 2 is 2.20 bits per heavy atom. The summed E-state index contributed by atoms with van der Waals surface area (Å²) in [5.74, 6) is -2.32. The number of halogens is 1. The number of fused-ring (bicyclic) bond motifs is 1. The third-order valence-electron chi connectivity index (χ3n) is 4.20. The molecule has 0 bridgehead atoms. The number of hydrogen-bond acceptors (Lipinski definition) is 4. The van der Waals surface area contributed by atoms with E-state index < -0.39 is 29.2 Å². The van der Waals surface area contributed by atoms with Crippen molar-refractivity contribution in [3.63, 3.8) is 0 Å². The maximum Gasteiger partial charge on any atom is 0.314 e. The normalized spacial score (nSPS) is 31.2. The molecule has 1 saturated carbocycles. The number of benzene rings is 1. The van der Waals surface area contributed by atoms with E-state index in [4.69, 9.17) is 9.47 Å². The molecule has 1 saturated heterocycles. The first-order valence-corrected chi connectivity index (χ1v) is 6.75. The van der Waals surface area contributed by atoms with Gasteiger partial charge in [-0.3, -0.25) is 9.59 Å². The molecule has 0 unspecified atom stereocenters. The Labute approximate surface area is 115 Å². The van der Waals surface area contributed by atoms with Gasteiger partial charge in [-0.25, -0.2) is 4.39 Å². The van der Waals surface area contributed by atoms with Gasteiger partial charge < -0.3 is 9.47 Å². The number of carbonyl (C=O) groups excluding carboxylic acids is 2. The summed E-state index contributed by atoms with van der Waals surface area (Å²) in [5, 5.41) is 0. The van der Waals surface area contributed by atoms with Crippen LogP contribution in [0.1, 0.15) is 25.3 Å². The van der Waals surface area contributed by atoms with Gasteiger partial charge >= 0.3 is 11.9 Å². The highest BCUT2D eigenvalue weighted by atomic mass is 19.1. The van der Waals surface area contributed by atoms with Crippen molar-refractivity contribution < 1.29 is 23.5 Å². The van der Waals surface area contributed by atoms with Crippen LogP contribution in [0.2, 0.25) is 0 Å². The van der Waals surface area contributed by atoms with Crippen LogP contribution >= 0.6 is 0 Å². The van der Waals surface area contributed by atoms with Crippen molar-refractivity contribution in [2.24, 2.45) is 11.8 Å². The van der Waals surface area contributed by atoms with E-state index in [1.54, 1.807) is 25.1 Å². The Hall–Kier alpha value is -1.91. The standard InChI is InChI=1S/C15H15FO4/c1-2-19-13(17)10-7-8-11-14(18)20-15(10,11)9-5-3-4-6-12(9)16/h3-6,10-11H,2,7-8H2,1H3/t10-,11+,15+/m0/s1. The summed E-state index contributed by atoms with van der Waals surface area (Å²) < 4.78 is 24.5. The smallest absolute Gasteiger partial charge is 0.314 e. The fraction of sp³-hybridized carbons (Fsp3) is 0.467. The molecule has 4 nitrogen and oxygen atoms in total. The predicted octanol–water partition coefficient (Wildman–Crippen LogP) is 2.17. The van der Waals surface area contributed by atoms with Crippen molar-refractivity contribution in [1.29, 1.82) is 0 Å². The number of ether oxygens (including phenoxy) is 2. The van der Waals surface area contributed by atoms with Gasteiger partial charge in [-0.15, -0.1) is 0 Å². The van der Waals surface area contributed by atoms with E-state index in [-0.39, 0.29) is 18.1 Å². The SMILES string of the molecule is CCOC(=O)[C@@H]1CC[C@@H]2C(=O)O[C@@]21c1ccccc1F. The lowest BCUT2D eigenvalue weighted by molar-refractivity contribution is -0.222. The molecule has 2 fully saturated rings. The first-order valence-electron chi connectivity index (χ1n) is 6.75. The van der Waals surface area contributed by atoms with Crippen LogP contribution in [0.25, 0.3) is 0 Å². The molecule has 1 heterocycles. The van der Waals surface area contributed by atoms with E-state index in [1.807, 2.05) is 0 Å². The number of esters is 2. The fourth-order valence-electron chi connectivity index (χ4n) is 3.36. The molecule has 1 aliphatic carbocycles. The van der Waals surface area contributed by atoms with Crippen molar-refractivity contribution in [2.75, 3.05) is 6.61 Å². The quantitative estimate of drug-likeness (QED) is 0.795. The Morgan fingerprint density at radius 3 is 2.85 bits per heavy atom. The van der Waals surface area contributed by atoms with Crippen LogP contribution in [-0.4, -0.2) is 18.5 Å². The second-order valence-electron chi connectivity index (χ2n) is 5.13. The molecule has 20 heavy (non-hydrogen) atoms. The predicted molar refractivity (Wildman–Crippen MR) is 67.0 cm³/mol. The molecule has 1 aliphatic heterocycles. The minimum atomic E-state index is -1.17. The lowest BCUT2D eigenvalue weighted by atomic mass is 9.73. The zero-order valence-corrected chi connectivity index (χ0v) is 11.1. The zero-order chi connectivity index (χ0) is 14.3. The van der Waals surface area contributed by atoms with Gasteiger partial charge in [-0.2, -0.15) is 0 Å². The van der Waals surface area contributed by atoms with Crippen LogP contribution < -0.4 is 0 Å². The second-order valence-corrected chi connectivity index (χ2v) is 5.13. The van der Waals surface area contributed by atoms with Crippen LogP contribution in [0.15, 0.2) is 24.3 Å². The van der Waals surface area contributed by atoms with Crippen LogP contribution in [0.4, 0.5) is 4.39 Å². The topological polar surface area (TPSA) is 52.6 Å². The minimum Gasteiger partial charge on any atom is -0.466 e. The molecule has 0 aromatic heterocycles. The Bertz CT molecular complexity index is 571. The number of carbonyl (C=O) groups is 2. The summed E-state index contributed by atoms with van der Waals surface area (Å²) in [7, 11) is 0. The highest BCUT2D eigenvalue weighted by molar-refractivity contribution is 5.87. The van der Waals surface area contributed by atoms with Crippen LogP contribution in [0.3, 0.4) is 0 Å². The van der Waals surface area contributed by atoms with Gasteiger partial charge in [0.05, 0.1) is 6.61 Å². The van der Waals surface area contributed by atoms with Crippen molar-refractivity contribution in [1.82, 2.24) is 0 Å². The summed E-state index contributed by atoms with van der Waals surface area (Å²) in [4.78, 5) is 23.7. The Kier molecular flexibility index (Phi) is 3.00. The summed E-state index contributed by atoms with van der Waals surface area (Å²) in [6.07, 6.45) is 1.00. The number of hydrogen-bond donors (Lipinski definition) is 0. The first kappa shape index (κ1) is 13.1. The van der Waals surface area contributed by atoms with Gasteiger partial charge in [0.1, 0.15) is 17.7 Å². The average Bonchev–Trinajstić information content (AvgIpc) is 2.73. The van der Waals surface area contributed by atoms with Crippen LogP contribution in [0, 0.1) is 17.7 Å². The molecule has 1 aromatic carbocycles. The molecule has 0 amide bonds. The van der Waals surface area contributed by atoms with Crippen molar-refractivity contribution >= 4 is 11.9 Å². The molecular weight excluding hydrogens is 263 g/mol. The molecule has 106 valence electrons. The van der Waals surface area contributed by atoms with Crippen LogP contribution in [-0.2, 0) is 24.7 Å². The van der Waals surface area contributed by atoms with Gasteiger partial charge in [0.25, 0.3) is 0 Å². The van der Waals surface area contributed by atoms with Gasteiger partial charge in [-0.05, 0) is 25.8 Å². The third-order valence-corrected chi connectivity index (χ3v) is 4.20. The molecule has 0 N–H and O–H groups in total. The van der Waals surface area contributed by atoms with E-state index in [0.29, 0.717) is 12.8 Å². The van der Waals surface area contributed by atoms with Gasteiger partial charge in [0.2, 0.25) is 0 Å². The highest BCUT2D eigenvalue weighted by Crippen LogP contribution is 2.58. The largest absolute Gasteiger partial charge is 0.466 e. The summed E-state index contributed by atoms with van der Waals surface area (Å²) in [6, 6.07) is 6.14. The highest BCUT2D eigenvalue weighted by Gasteiger charge is 2.68. The lowest BCUT2D eigenvalue weighted by Crippen LogP contribution is -2.57. The van der Waals surface area contributed by atoms with E-state index in [0.717, 1.165) is 0 Å². The van der Waals surface area contributed by atoms with Crippen molar-refractivity contribution in [3.05, 3.63) is 35.6 Å². The van der Waals surface area contributed by atoms with E-state index in [9.17, 15) is 14.0 Å². The molecule has 5 heteroatoms.